The predicted octanol–water partition coefficient (Wildman–Crippen LogP) is 4.35. The van der Waals surface area contributed by atoms with E-state index in [1.54, 1.807) is 6.07 Å². The fraction of sp³-hybridized carbons (Fsp3) is 0.533. The SMILES string of the molecule is O=C(CC1CC2CCC1C2)c1ccccc1Cl. The number of hydrogen-bond acceptors (Lipinski definition) is 1. The van der Waals surface area contributed by atoms with Gasteiger partial charge in [0.1, 0.15) is 0 Å². The van der Waals surface area contributed by atoms with Gasteiger partial charge in [0.25, 0.3) is 0 Å². The van der Waals surface area contributed by atoms with Crippen LogP contribution in [0.2, 0.25) is 5.02 Å². The minimum atomic E-state index is 0.230. The van der Waals surface area contributed by atoms with Gasteiger partial charge < -0.3 is 0 Å². The van der Waals surface area contributed by atoms with Crippen LogP contribution in [0.4, 0.5) is 0 Å². The van der Waals surface area contributed by atoms with Crippen LogP contribution in [0, 0.1) is 17.8 Å². The average molecular weight is 249 g/mol. The molecule has 0 amide bonds. The first-order valence-corrected chi connectivity index (χ1v) is 6.89. The first kappa shape index (κ1) is 11.3. The monoisotopic (exact) mass is 248 g/mol. The van der Waals surface area contributed by atoms with Crippen LogP contribution in [0.5, 0.6) is 0 Å². The number of benzene rings is 1. The van der Waals surface area contributed by atoms with Crippen LogP contribution in [0.15, 0.2) is 24.3 Å². The van der Waals surface area contributed by atoms with Gasteiger partial charge in [-0.1, -0.05) is 30.2 Å². The van der Waals surface area contributed by atoms with Gasteiger partial charge in [-0.3, -0.25) is 4.79 Å². The molecule has 3 atom stereocenters. The van der Waals surface area contributed by atoms with Crippen molar-refractivity contribution in [1.82, 2.24) is 0 Å². The number of rotatable bonds is 3. The van der Waals surface area contributed by atoms with Crippen LogP contribution in [0.1, 0.15) is 42.5 Å². The van der Waals surface area contributed by atoms with Gasteiger partial charge in [0.2, 0.25) is 0 Å². The van der Waals surface area contributed by atoms with Crippen LogP contribution in [0.3, 0.4) is 0 Å². The first-order valence-electron chi connectivity index (χ1n) is 6.52. The van der Waals surface area contributed by atoms with Crippen molar-refractivity contribution < 1.29 is 4.79 Å². The summed E-state index contributed by atoms with van der Waals surface area (Å²) in [5.74, 6) is 2.57. The summed E-state index contributed by atoms with van der Waals surface area (Å²) in [6.45, 7) is 0. The second kappa shape index (κ2) is 4.45. The lowest BCUT2D eigenvalue weighted by molar-refractivity contribution is 0.0944. The standard InChI is InChI=1S/C15H17ClO/c16-14-4-2-1-3-13(14)15(17)9-12-8-10-5-6-11(12)7-10/h1-4,10-12H,5-9H2. The zero-order chi connectivity index (χ0) is 11.8. The topological polar surface area (TPSA) is 17.1 Å². The van der Waals surface area contributed by atoms with E-state index >= 15 is 0 Å². The maximum Gasteiger partial charge on any atom is 0.164 e. The van der Waals surface area contributed by atoms with Crippen molar-refractivity contribution in [2.24, 2.45) is 17.8 Å². The van der Waals surface area contributed by atoms with Crippen molar-refractivity contribution in [3.63, 3.8) is 0 Å². The van der Waals surface area contributed by atoms with Gasteiger partial charge in [-0.15, -0.1) is 0 Å². The molecule has 0 N–H and O–H groups in total. The van der Waals surface area contributed by atoms with Crippen LogP contribution >= 0.6 is 11.6 Å². The van der Waals surface area contributed by atoms with Crippen LogP contribution in [-0.4, -0.2) is 5.78 Å². The molecule has 2 aliphatic carbocycles. The van der Waals surface area contributed by atoms with Crippen LogP contribution in [0.25, 0.3) is 0 Å². The molecule has 2 bridgehead atoms. The van der Waals surface area contributed by atoms with E-state index in [4.69, 9.17) is 11.6 Å². The third-order valence-corrected chi connectivity index (χ3v) is 4.84. The zero-order valence-electron chi connectivity index (χ0n) is 9.86. The van der Waals surface area contributed by atoms with Gasteiger partial charge in [0, 0.05) is 12.0 Å². The van der Waals surface area contributed by atoms with E-state index in [9.17, 15) is 4.79 Å². The van der Waals surface area contributed by atoms with Crippen molar-refractivity contribution in [1.29, 1.82) is 0 Å². The lowest BCUT2D eigenvalue weighted by atomic mass is 9.84. The minimum Gasteiger partial charge on any atom is -0.294 e. The Morgan fingerprint density at radius 1 is 1.24 bits per heavy atom. The Hall–Kier alpha value is -0.820. The number of fused-ring (bicyclic) bond motifs is 2. The van der Waals surface area contributed by atoms with Gasteiger partial charge >= 0.3 is 0 Å². The molecule has 0 aromatic heterocycles. The maximum absolute atomic E-state index is 12.2. The third-order valence-electron chi connectivity index (χ3n) is 4.51. The summed E-state index contributed by atoms with van der Waals surface area (Å²) in [4.78, 5) is 12.2. The molecule has 90 valence electrons. The van der Waals surface area contributed by atoms with E-state index in [-0.39, 0.29) is 5.78 Å². The minimum absolute atomic E-state index is 0.230. The summed E-state index contributed by atoms with van der Waals surface area (Å²) in [5, 5.41) is 0.598. The molecule has 0 radical (unpaired) electrons. The van der Waals surface area contributed by atoms with E-state index in [1.807, 2.05) is 18.2 Å². The Bertz CT molecular complexity index is 440. The molecule has 3 rings (SSSR count). The molecular weight excluding hydrogens is 232 g/mol. The molecule has 2 saturated carbocycles. The molecule has 2 heteroatoms. The second-order valence-electron chi connectivity index (χ2n) is 5.54. The Morgan fingerprint density at radius 2 is 2.06 bits per heavy atom. The van der Waals surface area contributed by atoms with E-state index in [1.165, 1.54) is 25.7 Å². The van der Waals surface area contributed by atoms with Crippen LogP contribution in [-0.2, 0) is 0 Å². The smallest absolute Gasteiger partial charge is 0.164 e. The van der Waals surface area contributed by atoms with Gasteiger partial charge in [0.15, 0.2) is 5.78 Å². The van der Waals surface area contributed by atoms with E-state index in [2.05, 4.69) is 0 Å². The molecule has 0 saturated heterocycles. The number of ketones is 1. The van der Waals surface area contributed by atoms with Crippen LogP contribution < -0.4 is 0 Å². The van der Waals surface area contributed by atoms with Crippen molar-refractivity contribution >= 4 is 17.4 Å². The largest absolute Gasteiger partial charge is 0.294 e. The average Bonchev–Trinajstić information content (AvgIpc) is 2.91. The lowest BCUT2D eigenvalue weighted by Crippen LogP contribution is -2.15. The predicted molar refractivity (Wildman–Crippen MR) is 69.3 cm³/mol. The summed E-state index contributed by atoms with van der Waals surface area (Å²) in [7, 11) is 0. The molecule has 2 aliphatic rings. The summed E-state index contributed by atoms with van der Waals surface area (Å²) in [6.07, 6.45) is 6.05. The molecular formula is C15H17ClO. The second-order valence-corrected chi connectivity index (χ2v) is 5.95. The van der Waals surface area contributed by atoms with Crippen molar-refractivity contribution in [2.75, 3.05) is 0 Å². The number of carbonyl (C=O) groups is 1. The lowest BCUT2D eigenvalue weighted by Gasteiger charge is -2.20. The molecule has 0 heterocycles. The summed E-state index contributed by atoms with van der Waals surface area (Å²) in [5.41, 5.74) is 0.706. The Morgan fingerprint density at radius 3 is 2.71 bits per heavy atom. The van der Waals surface area contributed by atoms with Gasteiger partial charge in [0.05, 0.1) is 5.02 Å². The molecule has 1 aromatic rings. The molecule has 17 heavy (non-hydrogen) atoms. The highest BCUT2D eigenvalue weighted by Crippen LogP contribution is 2.49. The third kappa shape index (κ3) is 2.13. The summed E-state index contributed by atoms with van der Waals surface area (Å²) < 4.78 is 0. The highest BCUT2D eigenvalue weighted by atomic mass is 35.5. The van der Waals surface area contributed by atoms with Crippen molar-refractivity contribution in [2.45, 2.75) is 32.1 Å². The molecule has 1 nitrogen and oxygen atoms in total. The number of hydrogen-bond donors (Lipinski definition) is 0. The fourth-order valence-electron chi connectivity index (χ4n) is 3.66. The Kier molecular flexibility index (Phi) is 2.96. The zero-order valence-corrected chi connectivity index (χ0v) is 10.6. The van der Waals surface area contributed by atoms with E-state index < -0.39 is 0 Å². The highest BCUT2D eigenvalue weighted by Gasteiger charge is 2.40. The van der Waals surface area contributed by atoms with E-state index in [0.29, 0.717) is 22.9 Å². The quantitative estimate of drug-likeness (QED) is 0.727. The first-order chi connectivity index (χ1) is 8.24. The summed E-state index contributed by atoms with van der Waals surface area (Å²) >= 11 is 6.06. The van der Waals surface area contributed by atoms with Gasteiger partial charge in [-0.25, -0.2) is 0 Å². The van der Waals surface area contributed by atoms with Crippen molar-refractivity contribution in [3.05, 3.63) is 34.9 Å². The number of halogens is 1. The van der Waals surface area contributed by atoms with Gasteiger partial charge in [-0.2, -0.15) is 0 Å². The molecule has 1 aromatic carbocycles. The number of carbonyl (C=O) groups excluding carboxylic acids is 1. The molecule has 0 aliphatic heterocycles. The normalized spacial score (nSPS) is 30.8. The number of Topliss-reactive ketones (excluding diaryl/α,β-unsaturated/α-hetero) is 1. The highest BCUT2D eigenvalue weighted by molar-refractivity contribution is 6.33. The molecule has 3 unspecified atom stereocenters. The maximum atomic E-state index is 12.2. The summed E-state index contributed by atoms with van der Waals surface area (Å²) in [6, 6.07) is 7.41. The van der Waals surface area contributed by atoms with Crippen molar-refractivity contribution in [3.8, 4) is 0 Å². The Labute approximate surface area is 107 Å². The molecule has 2 fully saturated rings. The van der Waals surface area contributed by atoms with Gasteiger partial charge in [-0.05, 0) is 49.1 Å². The Balaban J connectivity index is 1.70. The molecule has 0 spiro atoms. The van der Waals surface area contributed by atoms with E-state index in [0.717, 1.165) is 11.8 Å². The fourth-order valence-corrected chi connectivity index (χ4v) is 3.90.